The largest absolute Gasteiger partial charge is 0.497 e. The Morgan fingerprint density at radius 2 is 1.67 bits per heavy atom. The van der Waals surface area contributed by atoms with E-state index in [0.29, 0.717) is 11.3 Å². The van der Waals surface area contributed by atoms with Crippen molar-refractivity contribution in [3.8, 4) is 17.2 Å². The third-order valence-electron chi connectivity index (χ3n) is 4.02. The molecule has 0 fully saturated rings. The number of anilines is 3. The molecule has 0 unspecified atom stereocenters. The van der Waals surface area contributed by atoms with E-state index in [-0.39, 0.29) is 0 Å². The van der Waals surface area contributed by atoms with E-state index in [2.05, 4.69) is 4.90 Å². The van der Waals surface area contributed by atoms with Crippen molar-refractivity contribution < 1.29 is 14.3 Å². The summed E-state index contributed by atoms with van der Waals surface area (Å²) in [6.45, 7) is 0. The number of nitrogens with zero attached hydrogens (tertiary/aromatic N) is 1. The van der Waals surface area contributed by atoms with E-state index in [0.717, 1.165) is 34.8 Å². The summed E-state index contributed by atoms with van der Waals surface area (Å²) in [6.07, 6.45) is 0.821. The summed E-state index contributed by atoms with van der Waals surface area (Å²) in [7, 11) is 1.65. The number of methoxy groups -OCH3 is 1. The lowest BCUT2D eigenvalue weighted by atomic mass is 10.1. The van der Waals surface area contributed by atoms with Gasteiger partial charge in [0.15, 0.2) is 11.5 Å². The molecule has 0 amide bonds. The van der Waals surface area contributed by atoms with E-state index in [1.807, 2.05) is 54.6 Å². The lowest BCUT2D eigenvalue weighted by Crippen LogP contribution is -2.15. The van der Waals surface area contributed by atoms with Gasteiger partial charge in [-0.2, -0.15) is 0 Å². The van der Waals surface area contributed by atoms with Gasteiger partial charge in [-0.3, -0.25) is 4.79 Å². The van der Waals surface area contributed by atoms with Crippen LogP contribution >= 0.6 is 0 Å². The minimum Gasteiger partial charge on any atom is -0.497 e. The standard InChI is InChI=1S/C20H15NO3/c1-23-16-9-7-15(8-10-16)21-17-4-2-3-5-19(17)24-20-12-14(13-22)6-11-18(20)21/h2-13H,1H3. The second kappa shape index (κ2) is 5.74. The predicted octanol–water partition coefficient (Wildman–Crippen LogP) is 5.08. The number of rotatable bonds is 3. The van der Waals surface area contributed by atoms with E-state index < -0.39 is 0 Å². The Kier molecular flexibility index (Phi) is 3.43. The van der Waals surface area contributed by atoms with Crippen molar-refractivity contribution in [3.63, 3.8) is 0 Å². The summed E-state index contributed by atoms with van der Waals surface area (Å²) >= 11 is 0. The minimum absolute atomic E-state index is 0.586. The molecule has 4 heteroatoms. The van der Waals surface area contributed by atoms with Crippen molar-refractivity contribution in [2.75, 3.05) is 12.0 Å². The number of carbonyl (C=O) groups is 1. The zero-order valence-electron chi connectivity index (χ0n) is 13.1. The molecular formula is C20H15NO3. The summed E-state index contributed by atoms with van der Waals surface area (Å²) in [5.74, 6) is 2.22. The van der Waals surface area contributed by atoms with E-state index in [1.54, 1.807) is 19.2 Å². The molecule has 1 aliphatic heterocycles. The molecule has 1 aliphatic rings. The zero-order chi connectivity index (χ0) is 16.5. The highest BCUT2D eigenvalue weighted by atomic mass is 16.5. The second-order valence-electron chi connectivity index (χ2n) is 5.45. The molecule has 4 rings (SSSR count). The number of benzene rings is 3. The molecule has 0 N–H and O–H groups in total. The second-order valence-corrected chi connectivity index (χ2v) is 5.45. The van der Waals surface area contributed by atoms with Crippen LogP contribution in [0.25, 0.3) is 0 Å². The van der Waals surface area contributed by atoms with Gasteiger partial charge >= 0.3 is 0 Å². The van der Waals surface area contributed by atoms with Crippen LogP contribution in [0.3, 0.4) is 0 Å². The molecule has 0 radical (unpaired) electrons. The fraction of sp³-hybridized carbons (Fsp3) is 0.0500. The van der Waals surface area contributed by atoms with Crippen LogP contribution in [-0.2, 0) is 0 Å². The Morgan fingerprint density at radius 3 is 2.42 bits per heavy atom. The first-order chi connectivity index (χ1) is 11.8. The summed E-state index contributed by atoms with van der Waals surface area (Å²) < 4.78 is 11.2. The normalized spacial score (nSPS) is 12.0. The van der Waals surface area contributed by atoms with Gasteiger partial charge in [-0.05, 0) is 54.6 Å². The van der Waals surface area contributed by atoms with Crippen LogP contribution in [0, 0.1) is 0 Å². The van der Waals surface area contributed by atoms with Gasteiger partial charge in [0, 0.05) is 11.3 Å². The molecule has 0 aromatic heterocycles. The van der Waals surface area contributed by atoms with Crippen molar-refractivity contribution >= 4 is 23.3 Å². The smallest absolute Gasteiger partial charge is 0.152 e. The quantitative estimate of drug-likeness (QED) is 0.494. The Bertz CT molecular complexity index is 903. The molecule has 1 heterocycles. The zero-order valence-corrected chi connectivity index (χ0v) is 13.1. The lowest BCUT2D eigenvalue weighted by Gasteiger charge is -2.33. The molecule has 0 aliphatic carbocycles. The maximum Gasteiger partial charge on any atom is 0.152 e. The molecule has 0 spiro atoms. The Hall–Kier alpha value is -3.27. The molecule has 0 bridgehead atoms. The minimum atomic E-state index is 0.586. The van der Waals surface area contributed by atoms with Gasteiger partial charge in [-0.1, -0.05) is 12.1 Å². The molecule has 3 aromatic rings. The summed E-state index contributed by atoms with van der Waals surface area (Å²) in [5, 5.41) is 0. The number of hydrogen-bond donors (Lipinski definition) is 0. The molecule has 0 saturated carbocycles. The third kappa shape index (κ3) is 2.29. The number of ether oxygens (including phenoxy) is 2. The van der Waals surface area contributed by atoms with E-state index >= 15 is 0 Å². The third-order valence-corrected chi connectivity index (χ3v) is 4.02. The SMILES string of the molecule is COc1ccc(N2c3ccccc3Oc3cc(C=O)ccc32)cc1. The molecule has 4 nitrogen and oxygen atoms in total. The Labute approximate surface area is 139 Å². The van der Waals surface area contributed by atoms with Gasteiger partial charge in [-0.25, -0.2) is 0 Å². The highest BCUT2D eigenvalue weighted by Crippen LogP contribution is 2.50. The average molecular weight is 317 g/mol. The fourth-order valence-electron chi connectivity index (χ4n) is 2.86. The highest BCUT2D eigenvalue weighted by molar-refractivity contribution is 5.88. The first-order valence-electron chi connectivity index (χ1n) is 7.60. The Morgan fingerprint density at radius 1 is 0.917 bits per heavy atom. The maximum atomic E-state index is 11.1. The van der Waals surface area contributed by atoms with Gasteiger partial charge in [0.05, 0.1) is 18.5 Å². The van der Waals surface area contributed by atoms with Crippen LogP contribution in [0.2, 0.25) is 0 Å². The van der Waals surface area contributed by atoms with E-state index in [4.69, 9.17) is 9.47 Å². The predicted molar refractivity (Wildman–Crippen MR) is 93.1 cm³/mol. The molecular weight excluding hydrogens is 302 g/mol. The first-order valence-corrected chi connectivity index (χ1v) is 7.60. The maximum absolute atomic E-state index is 11.1. The number of aldehydes is 1. The van der Waals surface area contributed by atoms with Gasteiger partial charge < -0.3 is 14.4 Å². The Balaban J connectivity index is 1.90. The summed E-state index contributed by atoms with van der Waals surface area (Å²) in [4.78, 5) is 13.2. The fourth-order valence-corrected chi connectivity index (χ4v) is 2.86. The summed E-state index contributed by atoms with van der Waals surface area (Å²) in [5.41, 5.74) is 3.42. The van der Waals surface area contributed by atoms with Crippen LogP contribution in [0.5, 0.6) is 17.2 Å². The lowest BCUT2D eigenvalue weighted by molar-refractivity contribution is 0.112. The molecule has 118 valence electrons. The van der Waals surface area contributed by atoms with Gasteiger partial charge in [-0.15, -0.1) is 0 Å². The van der Waals surface area contributed by atoms with Crippen LogP contribution in [-0.4, -0.2) is 13.4 Å². The first kappa shape index (κ1) is 14.3. The van der Waals surface area contributed by atoms with E-state index in [1.165, 1.54) is 0 Å². The van der Waals surface area contributed by atoms with Gasteiger partial charge in [0.25, 0.3) is 0 Å². The number of carbonyl (C=O) groups excluding carboxylic acids is 1. The van der Waals surface area contributed by atoms with Crippen molar-refractivity contribution in [1.82, 2.24) is 0 Å². The molecule has 0 atom stereocenters. The average Bonchev–Trinajstić information content (AvgIpc) is 2.65. The summed E-state index contributed by atoms with van der Waals surface area (Å²) in [6, 6.07) is 21.1. The molecule has 24 heavy (non-hydrogen) atoms. The van der Waals surface area contributed by atoms with E-state index in [9.17, 15) is 4.79 Å². The van der Waals surface area contributed by atoms with Crippen molar-refractivity contribution in [1.29, 1.82) is 0 Å². The van der Waals surface area contributed by atoms with Crippen molar-refractivity contribution in [2.24, 2.45) is 0 Å². The van der Waals surface area contributed by atoms with Gasteiger partial charge in [0.2, 0.25) is 0 Å². The van der Waals surface area contributed by atoms with Crippen LogP contribution < -0.4 is 14.4 Å². The van der Waals surface area contributed by atoms with Gasteiger partial charge in [0.1, 0.15) is 12.0 Å². The van der Waals surface area contributed by atoms with Crippen LogP contribution in [0.4, 0.5) is 17.1 Å². The molecule has 0 saturated heterocycles. The monoisotopic (exact) mass is 317 g/mol. The number of fused-ring (bicyclic) bond motifs is 2. The topological polar surface area (TPSA) is 38.8 Å². The van der Waals surface area contributed by atoms with Crippen LogP contribution in [0.15, 0.2) is 66.7 Å². The van der Waals surface area contributed by atoms with Crippen molar-refractivity contribution in [3.05, 3.63) is 72.3 Å². The van der Waals surface area contributed by atoms with Crippen LogP contribution in [0.1, 0.15) is 10.4 Å². The molecule has 3 aromatic carbocycles. The number of para-hydroxylation sites is 2. The number of hydrogen-bond acceptors (Lipinski definition) is 4. The van der Waals surface area contributed by atoms with Crippen molar-refractivity contribution in [2.45, 2.75) is 0 Å². The highest BCUT2D eigenvalue weighted by Gasteiger charge is 2.25.